The average molecular weight is 352 g/mol. The number of hydrogen-bond acceptors (Lipinski definition) is 3. The van der Waals surface area contributed by atoms with E-state index in [1.54, 1.807) is 0 Å². The van der Waals surface area contributed by atoms with Crippen LogP contribution in [0, 0.1) is 5.92 Å². The molecular weight excluding hydrogens is 324 g/mol. The van der Waals surface area contributed by atoms with Crippen LogP contribution in [0.1, 0.15) is 54.6 Å². The van der Waals surface area contributed by atoms with Crippen molar-refractivity contribution in [1.82, 2.24) is 19.8 Å². The smallest absolute Gasteiger partial charge is 0.222 e. The Kier molecular flexibility index (Phi) is 4.81. The highest BCUT2D eigenvalue weighted by Crippen LogP contribution is 2.40. The van der Waals surface area contributed by atoms with Gasteiger partial charge >= 0.3 is 0 Å². The summed E-state index contributed by atoms with van der Waals surface area (Å²) < 4.78 is 2.03. The van der Waals surface area contributed by atoms with Gasteiger partial charge in [0.15, 0.2) is 0 Å². The van der Waals surface area contributed by atoms with Gasteiger partial charge in [0.05, 0.1) is 6.04 Å². The molecule has 2 fully saturated rings. The fourth-order valence-electron chi connectivity index (χ4n) is 4.10. The Morgan fingerprint density at radius 3 is 2.58 bits per heavy atom. The minimum atomic E-state index is 0.0426. The Morgan fingerprint density at radius 1 is 1.15 bits per heavy atom. The van der Waals surface area contributed by atoms with Crippen molar-refractivity contribution < 1.29 is 4.79 Å². The van der Waals surface area contributed by atoms with E-state index in [1.807, 2.05) is 36.0 Å². The molecule has 1 aromatic heterocycles. The number of imidazole rings is 1. The Labute approximate surface area is 155 Å². The molecular formula is C21H28N4O. The van der Waals surface area contributed by atoms with Gasteiger partial charge in [0.1, 0.15) is 5.82 Å². The van der Waals surface area contributed by atoms with Crippen molar-refractivity contribution in [2.24, 2.45) is 13.0 Å². The van der Waals surface area contributed by atoms with Gasteiger partial charge in [-0.2, -0.15) is 0 Å². The van der Waals surface area contributed by atoms with Crippen molar-refractivity contribution in [2.45, 2.75) is 44.2 Å². The van der Waals surface area contributed by atoms with Crippen molar-refractivity contribution in [3.8, 4) is 0 Å². The first-order chi connectivity index (χ1) is 12.6. The zero-order chi connectivity index (χ0) is 18.1. The molecule has 4 rings (SSSR count). The summed E-state index contributed by atoms with van der Waals surface area (Å²) in [5.41, 5.74) is 2.80. The third kappa shape index (κ3) is 3.54. The summed E-state index contributed by atoms with van der Waals surface area (Å²) in [6.45, 7) is 1.76. The number of carbonyl (C=O) groups is 1. The van der Waals surface area contributed by atoms with E-state index < -0.39 is 0 Å². The van der Waals surface area contributed by atoms with E-state index in [0.717, 1.165) is 31.3 Å². The van der Waals surface area contributed by atoms with Crippen LogP contribution in [0.5, 0.6) is 0 Å². The molecule has 2 aromatic rings. The molecule has 0 radical (unpaired) electrons. The highest BCUT2D eigenvalue weighted by Gasteiger charge is 2.36. The van der Waals surface area contributed by atoms with Gasteiger partial charge in [-0.1, -0.05) is 24.3 Å². The molecule has 1 amide bonds. The van der Waals surface area contributed by atoms with Crippen LogP contribution in [0.2, 0.25) is 0 Å². The molecule has 2 heterocycles. The molecule has 5 heteroatoms. The van der Waals surface area contributed by atoms with Gasteiger partial charge in [-0.05, 0) is 42.2 Å². The van der Waals surface area contributed by atoms with E-state index >= 15 is 0 Å². The third-order valence-electron chi connectivity index (χ3n) is 5.87. The Morgan fingerprint density at radius 2 is 1.92 bits per heavy atom. The molecule has 0 unspecified atom stereocenters. The molecule has 138 valence electrons. The Bertz CT molecular complexity index is 763. The van der Waals surface area contributed by atoms with Crippen molar-refractivity contribution in [1.29, 1.82) is 0 Å². The maximum atomic E-state index is 12.2. The number of likely N-dealkylation sites (tertiary alicyclic amines) is 1. The zero-order valence-electron chi connectivity index (χ0n) is 15.7. The molecule has 1 saturated carbocycles. The molecule has 5 nitrogen and oxygen atoms in total. The Hall–Kier alpha value is -2.14. The molecule has 1 N–H and O–H groups in total. The summed E-state index contributed by atoms with van der Waals surface area (Å²) >= 11 is 0. The molecule has 1 saturated heterocycles. The molecule has 1 aliphatic carbocycles. The van der Waals surface area contributed by atoms with E-state index in [0.29, 0.717) is 12.3 Å². The van der Waals surface area contributed by atoms with Gasteiger partial charge in [0.2, 0.25) is 5.91 Å². The number of aryl methyl sites for hydroxylation is 1. The van der Waals surface area contributed by atoms with Crippen molar-refractivity contribution in [3.05, 3.63) is 53.6 Å². The van der Waals surface area contributed by atoms with E-state index in [2.05, 4.69) is 34.6 Å². The van der Waals surface area contributed by atoms with Crippen LogP contribution in [0.25, 0.3) is 0 Å². The average Bonchev–Trinajstić information content (AvgIpc) is 3.41. The summed E-state index contributed by atoms with van der Waals surface area (Å²) in [5, 5.41) is 3.61. The number of carbonyl (C=O) groups excluding carboxylic acids is 1. The molecule has 1 aliphatic heterocycles. The summed E-state index contributed by atoms with van der Waals surface area (Å²) in [6, 6.07) is 9.08. The van der Waals surface area contributed by atoms with Crippen LogP contribution in [-0.2, 0) is 18.4 Å². The largest absolute Gasteiger partial charge is 0.336 e. The number of rotatable bonds is 6. The second-order valence-electron chi connectivity index (χ2n) is 7.79. The van der Waals surface area contributed by atoms with Gasteiger partial charge in [-0.15, -0.1) is 0 Å². The fraction of sp³-hybridized carbons (Fsp3) is 0.524. The second-order valence-corrected chi connectivity index (χ2v) is 7.79. The number of piperidine rings is 1. The highest BCUT2D eigenvalue weighted by atomic mass is 16.2. The lowest BCUT2D eigenvalue weighted by Crippen LogP contribution is -2.44. The van der Waals surface area contributed by atoms with E-state index in [9.17, 15) is 4.79 Å². The van der Waals surface area contributed by atoms with Crippen molar-refractivity contribution in [2.75, 3.05) is 13.6 Å². The number of aromatic nitrogens is 2. The van der Waals surface area contributed by atoms with Crippen LogP contribution in [-0.4, -0.2) is 34.0 Å². The molecule has 26 heavy (non-hydrogen) atoms. The van der Waals surface area contributed by atoms with Gasteiger partial charge in [-0.3, -0.25) is 4.79 Å². The number of amides is 1. The molecule has 1 aromatic carbocycles. The van der Waals surface area contributed by atoms with Crippen molar-refractivity contribution >= 4 is 5.91 Å². The first kappa shape index (κ1) is 17.3. The lowest BCUT2D eigenvalue weighted by Gasteiger charge is -2.38. The van der Waals surface area contributed by atoms with Crippen molar-refractivity contribution in [3.63, 3.8) is 0 Å². The first-order valence-corrected chi connectivity index (χ1v) is 9.66. The normalized spacial score (nSPS) is 23.5. The van der Waals surface area contributed by atoms with Gasteiger partial charge in [0, 0.05) is 46.0 Å². The minimum Gasteiger partial charge on any atom is -0.336 e. The zero-order valence-corrected chi connectivity index (χ0v) is 15.7. The first-order valence-electron chi connectivity index (χ1n) is 9.66. The fourth-order valence-corrected chi connectivity index (χ4v) is 4.10. The van der Waals surface area contributed by atoms with Crippen LogP contribution in [0.4, 0.5) is 0 Å². The summed E-state index contributed by atoms with van der Waals surface area (Å²) in [7, 11) is 3.91. The standard InChI is InChI=1S/C21H28N4O/c1-24-12-11-23-21(24)20-18(9-10-19(26)25(20)2)14-22-13-15-3-5-16(6-4-15)17-7-8-17/h3-6,11-12,17-18,20,22H,7-10,13-14H2,1-2H3/t18-,20+/m1/s1. The Balaban J connectivity index is 1.39. The minimum absolute atomic E-state index is 0.0426. The number of nitrogens with one attached hydrogen (secondary N) is 1. The summed E-state index contributed by atoms with van der Waals surface area (Å²) in [6.07, 6.45) is 8.00. The summed E-state index contributed by atoms with van der Waals surface area (Å²) in [4.78, 5) is 18.6. The SMILES string of the molecule is CN1C(=O)CC[C@H](CNCc2ccc(C3CC3)cc2)[C@H]1c1nccn1C. The number of hydrogen-bond donors (Lipinski definition) is 1. The lowest BCUT2D eigenvalue weighted by atomic mass is 9.88. The van der Waals surface area contributed by atoms with Crippen LogP contribution >= 0.6 is 0 Å². The maximum Gasteiger partial charge on any atom is 0.222 e. The van der Waals surface area contributed by atoms with Crippen LogP contribution in [0.15, 0.2) is 36.7 Å². The number of benzene rings is 1. The van der Waals surface area contributed by atoms with Gasteiger partial charge in [0.25, 0.3) is 0 Å². The van der Waals surface area contributed by atoms with Crippen LogP contribution in [0.3, 0.4) is 0 Å². The monoisotopic (exact) mass is 352 g/mol. The second kappa shape index (κ2) is 7.23. The molecule has 2 atom stereocenters. The number of nitrogens with zero attached hydrogens (tertiary/aromatic N) is 3. The van der Waals surface area contributed by atoms with E-state index in [1.165, 1.54) is 24.0 Å². The lowest BCUT2D eigenvalue weighted by molar-refractivity contribution is -0.137. The third-order valence-corrected chi connectivity index (χ3v) is 5.87. The summed E-state index contributed by atoms with van der Waals surface area (Å²) in [5.74, 6) is 2.38. The van der Waals surface area contributed by atoms with E-state index in [4.69, 9.17) is 0 Å². The van der Waals surface area contributed by atoms with Gasteiger partial charge in [-0.25, -0.2) is 4.98 Å². The predicted octanol–water partition coefficient (Wildman–Crippen LogP) is 3.00. The molecule has 0 bridgehead atoms. The molecule has 0 spiro atoms. The molecule has 2 aliphatic rings. The maximum absolute atomic E-state index is 12.2. The van der Waals surface area contributed by atoms with Gasteiger partial charge < -0.3 is 14.8 Å². The topological polar surface area (TPSA) is 50.2 Å². The van der Waals surface area contributed by atoms with E-state index in [-0.39, 0.29) is 11.9 Å². The predicted molar refractivity (Wildman–Crippen MR) is 102 cm³/mol. The van der Waals surface area contributed by atoms with Crippen LogP contribution < -0.4 is 5.32 Å². The quantitative estimate of drug-likeness (QED) is 0.869. The highest BCUT2D eigenvalue weighted by molar-refractivity contribution is 5.77.